The highest BCUT2D eigenvalue weighted by molar-refractivity contribution is 5.86. The second-order valence-electron chi connectivity index (χ2n) is 5.29. The molecule has 1 aliphatic heterocycles. The Labute approximate surface area is 141 Å². The minimum Gasteiger partial charge on any atom is -0.454 e. The lowest BCUT2D eigenvalue weighted by Crippen LogP contribution is -2.44. The number of hydrogen-bond donors (Lipinski definition) is 2. The van der Waals surface area contributed by atoms with E-state index in [9.17, 15) is 4.79 Å². The first-order chi connectivity index (χ1) is 11.6. The molecule has 1 heterocycles. The van der Waals surface area contributed by atoms with Crippen molar-refractivity contribution in [3.05, 3.63) is 23.8 Å². The maximum atomic E-state index is 11.7. The van der Waals surface area contributed by atoms with E-state index in [-0.39, 0.29) is 19.2 Å². The predicted molar refractivity (Wildman–Crippen MR) is 90.3 cm³/mol. The van der Waals surface area contributed by atoms with Crippen molar-refractivity contribution in [2.45, 2.75) is 6.54 Å². The normalized spacial score (nSPS) is 12.9. The topological polar surface area (TPSA) is 84.4 Å². The van der Waals surface area contributed by atoms with Crippen LogP contribution in [0.25, 0.3) is 0 Å². The van der Waals surface area contributed by atoms with Gasteiger partial charge in [-0.25, -0.2) is 0 Å². The second kappa shape index (κ2) is 8.97. The lowest BCUT2D eigenvalue weighted by molar-refractivity contribution is -0.120. The number of amides is 1. The molecular formula is C16H24N4O4. The Morgan fingerprint density at radius 2 is 2.12 bits per heavy atom. The number of rotatable bonds is 7. The highest BCUT2D eigenvalue weighted by Crippen LogP contribution is 2.32. The molecule has 0 aromatic heterocycles. The number of carbonyl (C=O) groups is 1. The van der Waals surface area contributed by atoms with Crippen LogP contribution in [0.5, 0.6) is 11.5 Å². The van der Waals surface area contributed by atoms with Gasteiger partial charge in [-0.05, 0) is 17.7 Å². The summed E-state index contributed by atoms with van der Waals surface area (Å²) in [6.07, 6.45) is 0. The summed E-state index contributed by atoms with van der Waals surface area (Å²) in [5.41, 5.74) is 1.06. The molecule has 1 aromatic carbocycles. The minimum absolute atomic E-state index is 0.107. The quantitative estimate of drug-likeness (QED) is 0.420. The summed E-state index contributed by atoms with van der Waals surface area (Å²) in [5.74, 6) is 2.04. The van der Waals surface area contributed by atoms with Crippen molar-refractivity contribution in [2.24, 2.45) is 4.99 Å². The Morgan fingerprint density at radius 1 is 1.33 bits per heavy atom. The summed E-state index contributed by atoms with van der Waals surface area (Å²) >= 11 is 0. The molecule has 1 aliphatic rings. The molecule has 8 nitrogen and oxygen atoms in total. The number of hydrogen-bond acceptors (Lipinski definition) is 5. The van der Waals surface area contributed by atoms with Crippen molar-refractivity contribution >= 4 is 11.9 Å². The second-order valence-corrected chi connectivity index (χ2v) is 5.29. The van der Waals surface area contributed by atoms with Gasteiger partial charge in [0.1, 0.15) is 0 Å². The number of guanidine groups is 1. The van der Waals surface area contributed by atoms with Crippen LogP contribution in [0.2, 0.25) is 0 Å². The maximum absolute atomic E-state index is 11.7. The number of fused-ring (bicyclic) bond motifs is 1. The van der Waals surface area contributed by atoms with E-state index in [0.29, 0.717) is 25.7 Å². The van der Waals surface area contributed by atoms with Crippen molar-refractivity contribution < 1.29 is 19.0 Å². The van der Waals surface area contributed by atoms with Crippen LogP contribution in [0.15, 0.2) is 23.2 Å². The van der Waals surface area contributed by atoms with E-state index in [1.54, 1.807) is 14.2 Å². The first-order valence-corrected chi connectivity index (χ1v) is 7.70. The Morgan fingerprint density at radius 3 is 2.88 bits per heavy atom. The zero-order valence-electron chi connectivity index (χ0n) is 14.3. The summed E-state index contributed by atoms with van der Waals surface area (Å²) in [4.78, 5) is 17.8. The molecular weight excluding hydrogens is 312 g/mol. The zero-order valence-corrected chi connectivity index (χ0v) is 14.3. The van der Waals surface area contributed by atoms with Crippen LogP contribution in [0.3, 0.4) is 0 Å². The van der Waals surface area contributed by atoms with Gasteiger partial charge < -0.3 is 29.7 Å². The van der Waals surface area contributed by atoms with Crippen molar-refractivity contribution in [1.82, 2.24) is 15.5 Å². The van der Waals surface area contributed by atoms with Crippen LogP contribution in [0.1, 0.15) is 5.56 Å². The van der Waals surface area contributed by atoms with E-state index in [1.807, 2.05) is 30.1 Å². The van der Waals surface area contributed by atoms with Gasteiger partial charge in [-0.2, -0.15) is 0 Å². The molecule has 1 amide bonds. The standard InChI is InChI=1S/C16H24N4O4/c1-17-16(19-9-15(21)18-6-7-22-3)20(2)10-12-4-5-13-14(8-12)24-11-23-13/h4-5,8H,6-7,9-11H2,1-3H3,(H,17,19)(H,18,21). The zero-order chi connectivity index (χ0) is 17.4. The van der Waals surface area contributed by atoms with E-state index >= 15 is 0 Å². The van der Waals surface area contributed by atoms with Crippen LogP contribution in [-0.4, -0.2) is 64.5 Å². The van der Waals surface area contributed by atoms with Gasteiger partial charge in [0.05, 0.1) is 13.2 Å². The third-order valence-electron chi connectivity index (χ3n) is 3.47. The van der Waals surface area contributed by atoms with Crippen LogP contribution < -0.4 is 20.1 Å². The van der Waals surface area contributed by atoms with E-state index in [0.717, 1.165) is 17.1 Å². The monoisotopic (exact) mass is 336 g/mol. The van der Waals surface area contributed by atoms with E-state index in [2.05, 4.69) is 15.6 Å². The van der Waals surface area contributed by atoms with Crippen molar-refractivity contribution in [3.8, 4) is 11.5 Å². The van der Waals surface area contributed by atoms with Gasteiger partial charge in [-0.1, -0.05) is 6.07 Å². The number of carbonyl (C=O) groups excluding carboxylic acids is 1. The van der Waals surface area contributed by atoms with Gasteiger partial charge in [-0.3, -0.25) is 9.79 Å². The third-order valence-corrected chi connectivity index (χ3v) is 3.47. The summed E-state index contributed by atoms with van der Waals surface area (Å²) in [6.45, 7) is 2.02. The number of nitrogens with zero attached hydrogens (tertiary/aromatic N) is 2. The Balaban J connectivity index is 1.83. The van der Waals surface area contributed by atoms with Gasteiger partial charge in [0.2, 0.25) is 12.7 Å². The first kappa shape index (κ1) is 17.9. The van der Waals surface area contributed by atoms with E-state index < -0.39 is 0 Å². The van der Waals surface area contributed by atoms with Crippen LogP contribution in [0, 0.1) is 0 Å². The molecule has 0 spiro atoms. The summed E-state index contributed by atoms with van der Waals surface area (Å²) in [7, 11) is 5.18. The fraction of sp³-hybridized carbons (Fsp3) is 0.500. The highest BCUT2D eigenvalue weighted by Gasteiger charge is 2.15. The molecule has 2 N–H and O–H groups in total. The number of benzene rings is 1. The van der Waals surface area contributed by atoms with Gasteiger partial charge in [0.25, 0.3) is 0 Å². The van der Waals surface area contributed by atoms with Gasteiger partial charge in [0, 0.05) is 34.3 Å². The van der Waals surface area contributed by atoms with E-state index in [4.69, 9.17) is 14.2 Å². The largest absolute Gasteiger partial charge is 0.454 e. The molecule has 8 heteroatoms. The van der Waals surface area contributed by atoms with Crippen LogP contribution in [-0.2, 0) is 16.1 Å². The third kappa shape index (κ3) is 5.02. The molecule has 0 bridgehead atoms. The maximum Gasteiger partial charge on any atom is 0.239 e. The minimum atomic E-state index is -0.107. The summed E-state index contributed by atoms with van der Waals surface area (Å²) in [6, 6.07) is 5.82. The number of ether oxygens (including phenoxy) is 3. The molecule has 0 radical (unpaired) electrons. The fourth-order valence-electron chi connectivity index (χ4n) is 2.29. The predicted octanol–water partition coefficient (Wildman–Crippen LogP) is 0.185. The lowest BCUT2D eigenvalue weighted by Gasteiger charge is -2.22. The molecule has 1 aromatic rings. The Hall–Kier alpha value is -2.48. The van der Waals surface area contributed by atoms with Crippen LogP contribution >= 0.6 is 0 Å². The molecule has 24 heavy (non-hydrogen) atoms. The molecule has 0 unspecified atom stereocenters. The molecule has 0 saturated heterocycles. The van der Waals surface area contributed by atoms with Crippen molar-refractivity contribution in [2.75, 3.05) is 47.7 Å². The number of aliphatic imine (C=N–C) groups is 1. The molecule has 0 saturated carbocycles. The van der Waals surface area contributed by atoms with Gasteiger partial charge in [-0.15, -0.1) is 0 Å². The average Bonchev–Trinajstić information content (AvgIpc) is 3.03. The fourth-order valence-corrected chi connectivity index (χ4v) is 2.29. The SMILES string of the molecule is CN=C(NCC(=O)NCCOC)N(C)Cc1ccc2c(c1)OCO2. The van der Waals surface area contributed by atoms with Gasteiger partial charge in [0.15, 0.2) is 17.5 Å². The number of nitrogens with one attached hydrogen (secondary N) is 2. The van der Waals surface area contributed by atoms with Gasteiger partial charge >= 0.3 is 0 Å². The lowest BCUT2D eigenvalue weighted by atomic mass is 10.2. The van der Waals surface area contributed by atoms with Crippen molar-refractivity contribution in [3.63, 3.8) is 0 Å². The summed E-state index contributed by atoms with van der Waals surface area (Å²) in [5, 5.41) is 5.79. The Kier molecular flexibility index (Phi) is 6.68. The van der Waals surface area contributed by atoms with E-state index in [1.165, 1.54) is 0 Å². The Bertz CT molecular complexity index is 591. The molecule has 2 rings (SSSR count). The molecule has 132 valence electrons. The molecule has 0 atom stereocenters. The smallest absolute Gasteiger partial charge is 0.239 e. The average molecular weight is 336 g/mol. The number of methoxy groups -OCH3 is 1. The van der Waals surface area contributed by atoms with Crippen LogP contribution in [0.4, 0.5) is 0 Å². The first-order valence-electron chi connectivity index (χ1n) is 7.70. The molecule has 0 fully saturated rings. The summed E-state index contributed by atoms with van der Waals surface area (Å²) < 4.78 is 15.6. The van der Waals surface area contributed by atoms with Crippen molar-refractivity contribution in [1.29, 1.82) is 0 Å². The highest BCUT2D eigenvalue weighted by atomic mass is 16.7. The molecule has 0 aliphatic carbocycles.